The largest absolute Gasteiger partial charge is 0.480 e. The number of rotatable bonds is 13. The molecule has 3 aromatic heterocycles. The van der Waals surface area contributed by atoms with Crippen LogP contribution < -0.4 is 15.4 Å². The Balaban J connectivity index is 1.32. The number of H-pyrrole nitrogens is 1. The fourth-order valence-corrected chi connectivity index (χ4v) is 5.65. The predicted molar refractivity (Wildman–Crippen MR) is 165 cm³/mol. The Morgan fingerprint density at radius 2 is 1.81 bits per heavy atom. The van der Waals surface area contributed by atoms with Crippen LogP contribution in [0.25, 0.3) is 32.7 Å². The van der Waals surface area contributed by atoms with Gasteiger partial charge in [-0.05, 0) is 25.0 Å². The van der Waals surface area contributed by atoms with Crippen LogP contribution in [-0.2, 0) is 16.0 Å². The zero-order valence-corrected chi connectivity index (χ0v) is 24.5. The second kappa shape index (κ2) is 13.9. The summed E-state index contributed by atoms with van der Waals surface area (Å²) in [5, 5.41) is 9.64. The van der Waals surface area contributed by atoms with Gasteiger partial charge in [0.1, 0.15) is 10.8 Å². The smallest absolute Gasteiger partial charge is 0.226 e. The monoisotopic (exact) mass is 582 g/mol. The number of nitrogens with one attached hydrogen (secondary N) is 3. The topological polar surface area (TPSA) is 122 Å². The summed E-state index contributed by atoms with van der Waals surface area (Å²) in [4.78, 5) is 42.2. The molecule has 0 aliphatic rings. The molecule has 42 heavy (non-hydrogen) atoms. The fraction of sp³-hybridized carbons (Fsp3) is 0.281. The number of pyridine rings is 1. The Labute approximate surface area is 248 Å². The molecule has 0 saturated carbocycles. The van der Waals surface area contributed by atoms with Crippen LogP contribution in [0.5, 0.6) is 5.88 Å². The quantitative estimate of drug-likeness (QED) is 0.150. The first-order valence-corrected chi connectivity index (χ1v) is 14.9. The molecule has 10 heteroatoms. The van der Waals surface area contributed by atoms with Gasteiger partial charge < -0.3 is 20.4 Å². The summed E-state index contributed by atoms with van der Waals surface area (Å²) < 4.78 is 5.60. The highest BCUT2D eigenvalue weighted by atomic mass is 32.1. The number of methoxy groups -OCH3 is 1. The minimum Gasteiger partial charge on any atom is -0.480 e. The third-order valence-corrected chi connectivity index (χ3v) is 7.96. The highest BCUT2D eigenvalue weighted by molar-refractivity contribution is 7.13. The number of hydrogen-bond acceptors (Lipinski definition) is 7. The lowest BCUT2D eigenvalue weighted by molar-refractivity contribution is -0.121. The van der Waals surface area contributed by atoms with Crippen molar-refractivity contribution in [2.45, 2.75) is 44.6 Å². The molecule has 9 nitrogen and oxygen atoms in total. The molecular formula is C32H34N6O3S. The highest BCUT2D eigenvalue weighted by Crippen LogP contribution is 2.32. The number of amides is 2. The number of ether oxygens (including phenoxy) is 1. The molecule has 216 valence electrons. The van der Waals surface area contributed by atoms with Gasteiger partial charge in [-0.25, -0.2) is 15.0 Å². The van der Waals surface area contributed by atoms with E-state index >= 15 is 0 Å². The van der Waals surface area contributed by atoms with Crippen LogP contribution in [0.2, 0.25) is 0 Å². The first-order chi connectivity index (χ1) is 20.5. The van der Waals surface area contributed by atoms with Crippen LogP contribution >= 0.6 is 11.3 Å². The molecule has 0 spiro atoms. The van der Waals surface area contributed by atoms with Gasteiger partial charge in [0.05, 0.1) is 48.2 Å². The molecule has 3 heterocycles. The molecule has 0 saturated heterocycles. The lowest BCUT2D eigenvalue weighted by Crippen LogP contribution is -2.30. The Bertz CT molecular complexity index is 1650. The molecule has 5 rings (SSSR count). The van der Waals surface area contributed by atoms with Gasteiger partial charge in [-0.3, -0.25) is 9.59 Å². The number of unbranched alkanes of at least 4 members (excludes halogenated alkanes) is 2. The molecule has 2 aromatic carbocycles. The maximum absolute atomic E-state index is 13.2. The van der Waals surface area contributed by atoms with Crippen molar-refractivity contribution in [2.75, 3.05) is 14.2 Å². The maximum Gasteiger partial charge on any atom is 0.226 e. The zero-order chi connectivity index (χ0) is 29.3. The van der Waals surface area contributed by atoms with Crippen molar-refractivity contribution in [1.29, 1.82) is 0 Å². The number of thiazole rings is 1. The second-order valence-corrected chi connectivity index (χ2v) is 10.9. The number of hydrogen-bond donors (Lipinski definition) is 3. The summed E-state index contributed by atoms with van der Waals surface area (Å²) in [5.74, 6) is 1.06. The van der Waals surface area contributed by atoms with E-state index in [4.69, 9.17) is 4.74 Å². The van der Waals surface area contributed by atoms with Gasteiger partial charge in [-0.1, -0.05) is 61.4 Å². The van der Waals surface area contributed by atoms with Gasteiger partial charge in [0.25, 0.3) is 0 Å². The van der Waals surface area contributed by atoms with Crippen molar-refractivity contribution in [3.05, 3.63) is 83.8 Å². The number of carbonyl (C=O) groups is 2. The number of para-hydroxylation sites is 1. The average molecular weight is 583 g/mol. The molecule has 0 fully saturated rings. The van der Waals surface area contributed by atoms with Crippen molar-refractivity contribution in [1.82, 2.24) is 30.6 Å². The molecule has 0 unspecified atom stereocenters. The van der Waals surface area contributed by atoms with Gasteiger partial charge in [0, 0.05) is 29.8 Å². The van der Waals surface area contributed by atoms with Gasteiger partial charge in [-0.15, -0.1) is 11.3 Å². The van der Waals surface area contributed by atoms with Crippen molar-refractivity contribution >= 4 is 34.1 Å². The van der Waals surface area contributed by atoms with E-state index in [1.165, 1.54) is 11.3 Å². The number of benzene rings is 2. The van der Waals surface area contributed by atoms with Crippen LogP contribution in [0.4, 0.5) is 0 Å². The fourth-order valence-electron chi connectivity index (χ4n) is 4.82. The molecular weight excluding hydrogens is 548 g/mol. The van der Waals surface area contributed by atoms with Gasteiger partial charge in [0.15, 0.2) is 0 Å². The molecule has 2 amide bonds. The minimum absolute atomic E-state index is 0.0339. The number of aromatic nitrogens is 4. The van der Waals surface area contributed by atoms with Crippen LogP contribution in [0.1, 0.15) is 49.7 Å². The molecule has 1 atom stereocenters. The molecule has 5 aromatic rings. The molecule has 3 N–H and O–H groups in total. The Morgan fingerprint density at radius 3 is 2.62 bits per heavy atom. The summed E-state index contributed by atoms with van der Waals surface area (Å²) in [6.45, 7) is 0. The SMILES string of the molecule is CNC(=O)CCCCC[C@H](NC(=O)Cc1csc(-c2ccccc2)n1)c1ncc(-c2cc3ccccc3nc2OC)[nH]1. The molecule has 0 aliphatic carbocycles. The van der Waals surface area contributed by atoms with Crippen LogP contribution in [0.15, 0.2) is 72.2 Å². The Kier molecular flexibility index (Phi) is 9.55. The first-order valence-electron chi connectivity index (χ1n) is 14.0. The number of aromatic amines is 1. The van der Waals surface area contributed by atoms with Crippen molar-refractivity contribution in [3.63, 3.8) is 0 Å². The van der Waals surface area contributed by atoms with Gasteiger partial charge >= 0.3 is 0 Å². The van der Waals surface area contributed by atoms with E-state index in [9.17, 15) is 9.59 Å². The van der Waals surface area contributed by atoms with Crippen LogP contribution in [-0.4, -0.2) is 45.9 Å². The van der Waals surface area contributed by atoms with E-state index in [0.29, 0.717) is 24.5 Å². The second-order valence-electron chi connectivity index (χ2n) is 10.00. The minimum atomic E-state index is -0.335. The summed E-state index contributed by atoms with van der Waals surface area (Å²) >= 11 is 1.53. The molecule has 0 radical (unpaired) electrons. The van der Waals surface area contributed by atoms with E-state index in [2.05, 4.69) is 30.6 Å². The molecule has 0 bridgehead atoms. The number of imidazole rings is 1. The first kappa shape index (κ1) is 28.9. The third kappa shape index (κ3) is 7.19. The lowest BCUT2D eigenvalue weighted by Gasteiger charge is -2.17. The zero-order valence-electron chi connectivity index (χ0n) is 23.7. The van der Waals surface area contributed by atoms with E-state index < -0.39 is 0 Å². The average Bonchev–Trinajstić information content (AvgIpc) is 3.70. The van der Waals surface area contributed by atoms with Crippen molar-refractivity contribution in [3.8, 4) is 27.7 Å². The van der Waals surface area contributed by atoms with E-state index in [0.717, 1.165) is 57.7 Å². The van der Waals surface area contributed by atoms with E-state index in [1.54, 1.807) is 20.4 Å². The number of fused-ring (bicyclic) bond motifs is 1. The third-order valence-electron chi connectivity index (χ3n) is 7.02. The highest BCUT2D eigenvalue weighted by Gasteiger charge is 2.21. The van der Waals surface area contributed by atoms with E-state index in [1.807, 2.05) is 66.0 Å². The van der Waals surface area contributed by atoms with Crippen molar-refractivity contribution in [2.24, 2.45) is 0 Å². The number of carbonyl (C=O) groups excluding carboxylic acids is 2. The Hall–Kier alpha value is -4.57. The summed E-state index contributed by atoms with van der Waals surface area (Å²) in [5.41, 5.74) is 4.16. The van der Waals surface area contributed by atoms with Crippen molar-refractivity contribution < 1.29 is 14.3 Å². The van der Waals surface area contributed by atoms with Gasteiger partial charge in [-0.2, -0.15) is 0 Å². The predicted octanol–water partition coefficient (Wildman–Crippen LogP) is 5.85. The van der Waals surface area contributed by atoms with Gasteiger partial charge in [0.2, 0.25) is 17.7 Å². The van der Waals surface area contributed by atoms with Crippen LogP contribution in [0, 0.1) is 0 Å². The molecule has 0 aliphatic heterocycles. The number of nitrogens with zero attached hydrogens (tertiary/aromatic N) is 3. The lowest BCUT2D eigenvalue weighted by atomic mass is 10.1. The summed E-state index contributed by atoms with van der Waals surface area (Å²) in [7, 11) is 3.25. The summed E-state index contributed by atoms with van der Waals surface area (Å²) in [6, 6.07) is 19.5. The maximum atomic E-state index is 13.2. The van der Waals surface area contributed by atoms with E-state index in [-0.39, 0.29) is 24.3 Å². The normalized spacial score (nSPS) is 11.8. The summed E-state index contributed by atoms with van der Waals surface area (Å²) in [6.07, 6.45) is 5.56. The standard InChI is InChI=1S/C32H34N6O3S/c1-33-28(39)16-8-4-7-15-26(36-29(40)18-23-20-42-32(35-23)21-11-5-3-6-12-21)30-34-19-27(37-30)24-17-22-13-9-10-14-25(22)38-31(24)41-2/h3,5-6,9-14,17,19-20,26H,4,7-8,15-16,18H2,1-2H3,(H,33,39)(H,34,37)(H,36,40)/t26-/m0/s1. The van der Waals surface area contributed by atoms with Crippen LogP contribution in [0.3, 0.4) is 0 Å². The Morgan fingerprint density at radius 1 is 1.00 bits per heavy atom.